The fourth-order valence-corrected chi connectivity index (χ4v) is 3.51. The molecule has 0 unspecified atom stereocenters. The van der Waals surface area contributed by atoms with Gasteiger partial charge in [-0.2, -0.15) is 5.10 Å². The standard InChI is InChI=1S/C20H32N4O4/c1-3-5-7-9-26-13-15-11-17(27-10-8-6-4-2)20(28-15)24-18-16(12-23-24)19(25)22-14-21-18/h12,14-15,17,20H,3-11,13H2,1-2H3,(H,21,22,25)/t15-,17+,20+/m0/s1. The zero-order chi connectivity index (χ0) is 19.8. The van der Waals surface area contributed by atoms with Crippen molar-refractivity contribution in [1.82, 2.24) is 19.7 Å². The maximum atomic E-state index is 12.0. The number of hydrogen-bond donors (Lipinski definition) is 1. The number of rotatable bonds is 12. The molecule has 0 amide bonds. The lowest BCUT2D eigenvalue weighted by atomic mass is 10.2. The first-order valence-corrected chi connectivity index (χ1v) is 10.5. The van der Waals surface area contributed by atoms with Crippen molar-refractivity contribution in [2.75, 3.05) is 19.8 Å². The fourth-order valence-electron chi connectivity index (χ4n) is 3.51. The number of hydrogen-bond acceptors (Lipinski definition) is 6. The van der Waals surface area contributed by atoms with Crippen LogP contribution in [-0.2, 0) is 14.2 Å². The number of H-pyrrole nitrogens is 1. The molecule has 28 heavy (non-hydrogen) atoms. The van der Waals surface area contributed by atoms with Crippen molar-refractivity contribution in [2.24, 2.45) is 0 Å². The molecule has 0 aliphatic carbocycles. The molecule has 0 aromatic carbocycles. The molecule has 1 aliphatic heterocycles. The van der Waals surface area contributed by atoms with Gasteiger partial charge in [-0.3, -0.25) is 4.79 Å². The van der Waals surface area contributed by atoms with E-state index in [0.29, 0.717) is 24.2 Å². The Morgan fingerprint density at radius 3 is 2.79 bits per heavy atom. The largest absolute Gasteiger partial charge is 0.379 e. The van der Waals surface area contributed by atoms with Crippen LogP contribution in [0.4, 0.5) is 0 Å². The van der Waals surface area contributed by atoms with Gasteiger partial charge in [-0.25, -0.2) is 9.67 Å². The second kappa shape index (κ2) is 10.7. The summed E-state index contributed by atoms with van der Waals surface area (Å²) < 4.78 is 19.8. The second-order valence-electron chi connectivity index (χ2n) is 7.34. The molecule has 8 heteroatoms. The number of aromatic nitrogens is 4. The van der Waals surface area contributed by atoms with Crippen LogP contribution in [0.15, 0.2) is 17.3 Å². The Kier molecular flexibility index (Phi) is 8.00. The summed E-state index contributed by atoms with van der Waals surface area (Å²) in [6, 6.07) is 0. The Morgan fingerprint density at radius 1 is 1.21 bits per heavy atom. The molecule has 1 fully saturated rings. The van der Waals surface area contributed by atoms with Crippen LogP contribution < -0.4 is 5.56 Å². The first kappa shape index (κ1) is 21.0. The Labute approximate surface area is 165 Å². The topological polar surface area (TPSA) is 91.3 Å². The number of fused-ring (bicyclic) bond motifs is 1. The van der Waals surface area contributed by atoms with Crippen molar-refractivity contribution in [2.45, 2.75) is 77.2 Å². The molecular formula is C20H32N4O4. The van der Waals surface area contributed by atoms with Crippen LogP contribution in [0, 0.1) is 0 Å². The molecule has 2 aromatic rings. The van der Waals surface area contributed by atoms with Gasteiger partial charge in [-0.05, 0) is 12.8 Å². The lowest BCUT2D eigenvalue weighted by Crippen LogP contribution is -2.24. The normalized spacial score (nSPS) is 22.3. The van der Waals surface area contributed by atoms with E-state index in [1.807, 2.05) is 0 Å². The van der Waals surface area contributed by atoms with Crippen molar-refractivity contribution >= 4 is 11.0 Å². The van der Waals surface area contributed by atoms with Gasteiger partial charge in [0.05, 0.1) is 25.2 Å². The highest BCUT2D eigenvalue weighted by atomic mass is 16.6. The molecule has 0 spiro atoms. The van der Waals surface area contributed by atoms with E-state index in [4.69, 9.17) is 14.2 Å². The molecule has 0 bridgehead atoms. The zero-order valence-corrected chi connectivity index (χ0v) is 16.9. The average Bonchev–Trinajstić information content (AvgIpc) is 3.30. The average molecular weight is 393 g/mol. The van der Waals surface area contributed by atoms with Crippen LogP contribution in [-0.4, -0.2) is 51.8 Å². The lowest BCUT2D eigenvalue weighted by molar-refractivity contribution is -0.0813. The number of ether oxygens (including phenoxy) is 3. The number of nitrogens with zero attached hydrogens (tertiary/aromatic N) is 3. The molecule has 3 atom stereocenters. The van der Waals surface area contributed by atoms with Gasteiger partial charge in [0.1, 0.15) is 11.5 Å². The van der Waals surface area contributed by atoms with E-state index >= 15 is 0 Å². The van der Waals surface area contributed by atoms with Crippen LogP contribution in [0.1, 0.15) is 65.0 Å². The third kappa shape index (κ3) is 5.18. The minimum Gasteiger partial charge on any atom is -0.379 e. The first-order chi connectivity index (χ1) is 13.7. The Balaban J connectivity index is 1.67. The summed E-state index contributed by atoms with van der Waals surface area (Å²) in [7, 11) is 0. The summed E-state index contributed by atoms with van der Waals surface area (Å²) in [5, 5.41) is 4.83. The van der Waals surface area contributed by atoms with E-state index in [1.54, 1.807) is 4.68 Å². The van der Waals surface area contributed by atoms with E-state index in [9.17, 15) is 4.79 Å². The van der Waals surface area contributed by atoms with Crippen LogP contribution in [0.2, 0.25) is 0 Å². The van der Waals surface area contributed by atoms with E-state index in [-0.39, 0.29) is 17.8 Å². The second-order valence-corrected chi connectivity index (χ2v) is 7.34. The highest BCUT2D eigenvalue weighted by Gasteiger charge is 2.38. The minimum atomic E-state index is -0.405. The molecule has 8 nitrogen and oxygen atoms in total. The molecule has 1 N–H and O–H groups in total. The molecule has 1 aliphatic rings. The smallest absolute Gasteiger partial charge is 0.261 e. The molecule has 1 saturated heterocycles. The maximum Gasteiger partial charge on any atom is 0.261 e. The van der Waals surface area contributed by atoms with E-state index < -0.39 is 6.23 Å². The van der Waals surface area contributed by atoms with Gasteiger partial charge in [-0.15, -0.1) is 0 Å². The Morgan fingerprint density at radius 2 is 2.00 bits per heavy atom. The molecule has 2 aromatic heterocycles. The van der Waals surface area contributed by atoms with Crippen LogP contribution in [0.5, 0.6) is 0 Å². The minimum absolute atomic E-state index is 0.0518. The molecule has 3 heterocycles. The van der Waals surface area contributed by atoms with Crippen molar-refractivity contribution in [3.05, 3.63) is 22.9 Å². The number of nitrogens with one attached hydrogen (secondary N) is 1. The van der Waals surface area contributed by atoms with Gasteiger partial charge in [0.2, 0.25) is 0 Å². The summed E-state index contributed by atoms with van der Waals surface area (Å²) in [6.45, 7) is 6.34. The predicted molar refractivity (Wildman–Crippen MR) is 106 cm³/mol. The van der Waals surface area contributed by atoms with Gasteiger partial charge in [0.25, 0.3) is 5.56 Å². The van der Waals surface area contributed by atoms with Crippen molar-refractivity contribution in [3.63, 3.8) is 0 Å². The lowest BCUT2D eigenvalue weighted by Gasteiger charge is -2.20. The summed E-state index contributed by atoms with van der Waals surface area (Å²) >= 11 is 0. The number of aromatic amines is 1. The maximum absolute atomic E-state index is 12.0. The molecule has 0 radical (unpaired) electrons. The third-order valence-electron chi connectivity index (χ3n) is 5.06. The number of unbranched alkanes of at least 4 members (excludes halogenated alkanes) is 4. The monoisotopic (exact) mass is 392 g/mol. The fraction of sp³-hybridized carbons (Fsp3) is 0.750. The van der Waals surface area contributed by atoms with Gasteiger partial charge >= 0.3 is 0 Å². The summed E-state index contributed by atoms with van der Waals surface area (Å²) in [4.78, 5) is 18.9. The van der Waals surface area contributed by atoms with E-state index in [0.717, 1.165) is 38.7 Å². The van der Waals surface area contributed by atoms with Crippen LogP contribution >= 0.6 is 0 Å². The van der Waals surface area contributed by atoms with Gasteiger partial charge in [0, 0.05) is 19.6 Å². The van der Waals surface area contributed by atoms with Crippen molar-refractivity contribution in [3.8, 4) is 0 Å². The van der Waals surface area contributed by atoms with E-state index in [2.05, 4.69) is 28.9 Å². The van der Waals surface area contributed by atoms with Crippen LogP contribution in [0.3, 0.4) is 0 Å². The quantitative estimate of drug-likeness (QED) is 0.558. The summed E-state index contributed by atoms with van der Waals surface area (Å²) in [5.74, 6) is 0. The van der Waals surface area contributed by atoms with Crippen molar-refractivity contribution in [1.29, 1.82) is 0 Å². The van der Waals surface area contributed by atoms with Crippen LogP contribution in [0.25, 0.3) is 11.0 Å². The third-order valence-corrected chi connectivity index (χ3v) is 5.06. The van der Waals surface area contributed by atoms with Gasteiger partial charge in [0.15, 0.2) is 11.9 Å². The van der Waals surface area contributed by atoms with Gasteiger partial charge in [-0.1, -0.05) is 39.5 Å². The summed E-state index contributed by atoms with van der Waals surface area (Å²) in [6.07, 6.45) is 9.82. The Bertz CT molecular complexity index is 775. The zero-order valence-electron chi connectivity index (χ0n) is 16.9. The SMILES string of the molecule is CCCCCOC[C@@H]1C[C@@H](OCCCCC)[C@H](n2ncc3c(=O)[nH]cnc32)O1. The molecule has 3 rings (SSSR count). The van der Waals surface area contributed by atoms with Gasteiger partial charge < -0.3 is 19.2 Å². The first-order valence-electron chi connectivity index (χ1n) is 10.5. The highest BCUT2D eigenvalue weighted by Crippen LogP contribution is 2.32. The molecule has 156 valence electrons. The van der Waals surface area contributed by atoms with Crippen molar-refractivity contribution < 1.29 is 14.2 Å². The molecular weight excluding hydrogens is 360 g/mol. The Hall–Kier alpha value is -1.77. The summed E-state index contributed by atoms with van der Waals surface area (Å²) in [5.41, 5.74) is 0.311. The predicted octanol–water partition coefficient (Wildman–Crippen LogP) is 3.19. The highest BCUT2D eigenvalue weighted by molar-refractivity contribution is 5.72. The van der Waals surface area contributed by atoms with E-state index in [1.165, 1.54) is 25.4 Å². The molecule has 0 saturated carbocycles.